The summed E-state index contributed by atoms with van der Waals surface area (Å²) < 4.78 is 0. The molecule has 2 N–H and O–H groups in total. The Morgan fingerprint density at radius 2 is 2.06 bits per heavy atom. The normalized spacial score (nSPS) is 16.7. The van der Waals surface area contributed by atoms with Gasteiger partial charge in [-0.2, -0.15) is 0 Å². The van der Waals surface area contributed by atoms with Crippen LogP contribution in [0.3, 0.4) is 0 Å². The van der Waals surface area contributed by atoms with Crippen LogP contribution in [0, 0.1) is 5.92 Å². The van der Waals surface area contributed by atoms with E-state index in [-0.39, 0.29) is 12.5 Å². The van der Waals surface area contributed by atoms with Gasteiger partial charge in [0, 0.05) is 52.5 Å². The number of amides is 1. The average molecular weight is 431 g/mol. The van der Waals surface area contributed by atoms with Crippen LogP contribution >= 0.6 is 0 Å². The SMILES string of the molecule is CCCCC(CC)CNC(=NCC(=O)N(C)C)NC1CCN(Cc2ccccn2)CC1. The van der Waals surface area contributed by atoms with E-state index in [1.165, 1.54) is 19.3 Å². The van der Waals surface area contributed by atoms with Crippen LogP contribution < -0.4 is 10.6 Å². The quantitative estimate of drug-likeness (QED) is 0.417. The van der Waals surface area contributed by atoms with Gasteiger partial charge >= 0.3 is 0 Å². The van der Waals surface area contributed by atoms with Gasteiger partial charge in [0.05, 0.1) is 5.69 Å². The van der Waals surface area contributed by atoms with Crippen LogP contribution in [0.15, 0.2) is 29.4 Å². The van der Waals surface area contributed by atoms with Crippen molar-refractivity contribution >= 4 is 11.9 Å². The number of aromatic nitrogens is 1. The summed E-state index contributed by atoms with van der Waals surface area (Å²) in [5.41, 5.74) is 1.12. The number of guanidine groups is 1. The van der Waals surface area contributed by atoms with Crippen molar-refractivity contribution in [3.05, 3.63) is 30.1 Å². The maximum absolute atomic E-state index is 12.0. The predicted octanol–water partition coefficient (Wildman–Crippen LogP) is 2.89. The molecule has 2 heterocycles. The summed E-state index contributed by atoms with van der Waals surface area (Å²) in [6, 6.07) is 6.46. The first-order chi connectivity index (χ1) is 15.0. The molecule has 1 aliphatic rings. The van der Waals surface area contributed by atoms with Crippen molar-refractivity contribution in [2.45, 2.75) is 65.0 Å². The number of aliphatic imine (C=N–C) groups is 1. The minimum absolute atomic E-state index is 0.0179. The third-order valence-corrected chi connectivity index (χ3v) is 6.01. The molecule has 0 spiro atoms. The molecule has 0 radical (unpaired) electrons. The van der Waals surface area contributed by atoms with E-state index >= 15 is 0 Å². The maximum atomic E-state index is 12.0. The van der Waals surface area contributed by atoms with Crippen molar-refractivity contribution in [1.29, 1.82) is 0 Å². The molecule has 1 aromatic rings. The molecule has 7 nitrogen and oxygen atoms in total. The van der Waals surface area contributed by atoms with E-state index in [1.54, 1.807) is 19.0 Å². The van der Waals surface area contributed by atoms with Crippen molar-refractivity contribution in [2.75, 3.05) is 40.3 Å². The standard InChI is InChI=1S/C24H42N6O/c1-5-7-10-20(6-2)17-26-24(27-18-23(31)29(3)4)28-21-12-15-30(16-13-21)19-22-11-8-9-14-25-22/h8-9,11,14,20-21H,5-7,10,12-13,15-19H2,1-4H3,(H2,26,27,28). The summed E-state index contributed by atoms with van der Waals surface area (Å²) in [7, 11) is 3.54. The van der Waals surface area contributed by atoms with Crippen molar-refractivity contribution in [2.24, 2.45) is 10.9 Å². The van der Waals surface area contributed by atoms with Crippen molar-refractivity contribution in [3.63, 3.8) is 0 Å². The zero-order chi connectivity index (χ0) is 22.5. The molecule has 31 heavy (non-hydrogen) atoms. The molecule has 2 rings (SSSR count). The van der Waals surface area contributed by atoms with E-state index in [2.05, 4.69) is 45.4 Å². The molecule has 1 aromatic heterocycles. The predicted molar refractivity (Wildman–Crippen MR) is 128 cm³/mol. The largest absolute Gasteiger partial charge is 0.356 e. The Bertz CT molecular complexity index is 655. The van der Waals surface area contributed by atoms with Crippen molar-refractivity contribution < 1.29 is 4.79 Å². The Labute approximate surface area is 188 Å². The van der Waals surface area contributed by atoms with Crippen LogP contribution in [-0.2, 0) is 11.3 Å². The Morgan fingerprint density at radius 1 is 1.29 bits per heavy atom. The van der Waals surface area contributed by atoms with Crippen LogP contribution in [0.25, 0.3) is 0 Å². The lowest BCUT2D eigenvalue weighted by atomic mass is 9.99. The number of nitrogens with zero attached hydrogens (tertiary/aromatic N) is 4. The molecular formula is C24H42N6O. The van der Waals surface area contributed by atoms with E-state index in [1.807, 2.05) is 18.3 Å². The van der Waals surface area contributed by atoms with Crippen LogP contribution in [0.5, 0.6) is 0 Å². The number of carbonyl (C=O) groups is 1. The molecule has 174 valence electrons. The minimum atomic E-state index is 0.0179. The topological polar surface area (TPSA) is 72.9 Å². The van der Waals surface area contributed by atoms with Gasteiger partial charge in [-0.25, -0.2) is 4.99 Å². The number of unbranched alkanes of at least 4 members (excludes halogenated alkanes) is 1. The third-order valence-electron chi connectivity index (χ3n) is 6.01. The molecule has 1 saturated heterocycles. The van der Waals surface area contributed by atoms with Crippen LogP contribution in [0.4, 0.5) is 0 Å². The number of carbonyl (C=O) groups excluding carboxylic acids is 1. The highest BCUT2D eigenvalue weighted by Gasteiger charge is 2.21. The number of pyridine rings is 1. The highest BCUT2D eigenvalue weighted by molar-refractivity contribution is 5.84. The zero-order valence-corrected chi connectivity index (χ0v) is 19.9. The second-order valence-corrected chi connectivity index (χ2v) is 8.77. The fourth-order valence-electron chi connectivity index (χ4n) is 3.77. The summed E-state index contributed by atoms with van der Waals surface area (Å²) >= 11 is 0. The first-order valence-corrected chi connectivity index (χ1v) is 11.9. The fourth-order valence-corrected chi connectivity index (χ4v) is 3.77. The van der Waals surface area contributed by atoms with Gasteiger partial charge in [-0.15, -0.1) is 0 Å². The highest BCUT2D eigenvalue weighted by Crippen LogP contribution is 2.14. The monoisotopic (exact) mass is 430 g/mol. The average Bonchev–Trinajstić information content (AvgIpc) is 2.79. The van der Waals surface area contributed by atoms with Crippen molar-refractivity contribution in [3.8, 4) is 0 Å². The molecule has 1 fully saturated rings. The number of likely N-dealkylation sites (tertiary alicyclic amines) is 1. The Balaban J connectivity index is 1.87. The molecule has 0 bridgehead atoms. The molecule has 0 aromatic carbocycles. The number of piperidine rings is 1. The van der Waals surface area contributed by atoms with Gasteiger partial charge in [0.25, 0.3) is 0 Å². The Hall–Kier alpha value is -2.15. The van der Waals surface area contributed by atoms with E-state index in [0.717, 1.165) is 57.1 Å². The molecule has 0 saturated carbocycles. The maximum Gasteiger partial charge on any atom is 0.243 e. The Morgan fingerprint density at radius 3 is 2.68 bits per heavy atom. The first kappa shape index (κ1) is 25.1. The van der Waals surface area contributed by atoms with Crippen LogP contribution in [0.2, 0.25) is 0 Å². The summed E-state index contributed by atoms with van der Waals surface area (Å²) in [4.78, 5) is 25.1. The number of rotatable bonds is 11. The van der Waals surface area contributed by atoms with E-state index < -0.39 is 0 Å². The van der Waals surface area contributed by atoms with E-state index in [0.29, 0.717) is 12.0 Å². The van der Waals surface area contributed by atoms with Gasteiger partial charge in [-0.1, -0.05) is 39.2 Å². The molecule has 0 aliphatic carbocycles. The summed E-state index contributed by atoms with van der Waals surface area (Å²) in [6.45, 7) is 8.53. The molecule has 1 amide bonds. The molecular weight excluding hydrogens is 388 g/mol. The molecule has 1 aliphatic heterocycles. The zero-order valence-electron chi connectivity index (χ0n) is 19.9. The summed E-state index contributed by atoms with van der Waals surface area (Å²) in [5, 5.41) is 7.11. The van der Waals surface area contributed by atoms with E-state index in [4.69, 9.17) is 0 Å². The van der Waals surface area contributed by atoms with Crippen molar-refractivity contribution in [1.82, 2.24) is 25.4 Å². The third kappa shape index (κ3) is 9.68. The Kier molecular flexibility index (Phi) is 11.4. The smallest absolute Gasteiger partial charge is 0.243 e. The molecule has 7 heteroatoms. The second kappa shape index (κ2) is 14.0. The van der Waals surface area contributed by atoms with Crippen LogP contribution in [0.1, 0.15) is 58.1 Å². The van der Waals surface area contributed by atoms with Gasteiger partial charge < -0.3 is 15.5 Å². The summed E-state index contributed by atoms with van der Waals surface area (Å²) in [6.07, 6.45) is 8.85. The lowest BCUT2D eigenvalue weighted by Crippen LogP contribution is -2.49. The van der Waals surface area contributed by atoms with Gasteiger partial charge in [0.15, 0.2) is 5.96 Å². The minimum Gasteiger partial charge on any atom is -0.356 e. The summed E-state index contributed by atoms with van der Waals surface area (Å²) in [5.74, 6) is 1.43. The van der Waals surface area contributed by atoms with Gasteiger partial charge in [-0.3, -0.25) is 14.7 Å². The first-order valence-electron chi connectivity index (χ1n) is 11.9. The number of hydrogen-bond donors (Lipinski definition) is 2. The molecule has 1 unspecified atom stereocenters. The number of likely N-dealkylation sites (N-methyl/N-ethyl adjacent to an activating group) is 1. The van der Waals surface area contributed by atoms with Crippen LogP contribution in [-0.4, -0.2) is 73.0 Å². The van der Waals surface area contributed by atoms with Gasteiger partial charge in [0.2, 0.25) is 5.91 Å². The van der Waals surface area contributed by atoms with Gasteiger partial charge in [0.1, 0.15) is 6.54 Å². The lowest BCUT2D eigenvalue weighted by Gasteiger charge is -2.33. The fraction of sp³-hybridized carbons (Fsp3) is 0.708. The van der Waals surface area contributed by atoms with Gasteiger partial charge in [-0.05, 0) is 37.3 Å². The lowest BCUT2D eigenvalue weighted by molar-refractivity contribution is -0.127. The van der Waals surface area contributed by atoms with E-state index in [9.17, 15) is 4.79 Å². The highest BCUT2D eigenvalue weighted by atomic mass is 16.2. The second-order valence-electron chi connectivity index (χ2n) is 8.77. The number of hydrogen-bond acceptors (Lipinski definition) is 4. The number of nitrogens with one attached hydrogen (secondary N) is 2. The molecule has 1 atom stereocenters.